The molecule has 0 aromatic heterocycles. The third kappa shape index (κ3) is 3.53. The van der Waals surface area contributed by atoms with E-state index in [1.165, 1.54) is 5.56 Å². The van der Waals surface area contributed by atoms with Crippen molar-refractivity contribution in [1.29, 1.82) is 0 Å². The van der Waals surface area contributed by atoms with Crippen molar-refractivity contribution in [1.82, 2.24) is 0 Å². The largest absolute Gasteiger partial charge is 0.493 e. The minimum absolute atomic E-state index is 0.0824. The highest BCUT2D eigenvalue weighted by Crippen LogP contribution is 2.31. The van der Waals surface area contributed by atoms with Crippen LogP contribution < -0.4 is 4.74 Å². The second kappa shape index (κ2) is 5.35. The molecule has 2 nitrogen and oxygen atoms in total. The van der Waals surface area contributed by atoms with Crippen molar-refractivity contribution in [3.8, 4) is 5.75 Å². The van der Waals surface area contributed by atoms with E-state index in [9.17, 15) is 0 Å². The van der Waals surface area contributed by atoms with E-state index in [-0.39, 0.29) is 17.9 Å². The molecule has 1 N–H and O–H groups in total. The van der Waals surface area contributed by atoms with E-state index in [1.807, 2.05) is 25.1 Å². The molecule has 0 amide bonds. The van der Waals surface area contributed by atoms with E-state index in [2.05, 4.69) is 26.8 Å². The second-order valence-corrected chi connectivity index (χ2v) is 5.34. The van der Waals surface area contributed by atoms with Crippen LogP contribution in [0.15, 0.2) is 24.3 Å². The van der Waals surface area contributed by atoms with Gasteiger partial charge in [0.2, 0.25) is 0 Å². The number of hydrogen-bond donors (Lipinski definition) is 1. The average molecular weight is 222 g/mol. The Morgan fingerprint density at radius 1 is 1.25 bits per heavy atom. The zero-order chi connectivity index (χ0) is 12.2. The summed E-state index contributed by atoms with van der Waals surface area (Å²) in [5.74, 6) is 1.10. The highest BCUT2D eigenvalue weighted by Gasteiger charge is 2.18. The zero-order valence-electron chi connectivity index (χ0n) is 10.7. The Morgan fingerprint density at radius 2 is 1.88 bits per heavy atom. The molecule has 0 fully saturated rings. The summed E-state index contributed by atoms with van der Waals surface area (Å²) in [6.45, 7) is 9.21. The van der Waals surface area contributed by atoms with Crippen LogP contribution in [-0.4, -0.2) is 18.3 Å². The highest BCUT2D eigenvalue weighted by atomic mass is 16.5. The van der Waals surface area contributed by atoms with Crippen LogP contribution in [0.4, 0.5) is 0 Å². The molecular weight excluding hydrogens is 200 g/mol. The van der Waals surface area contributed by atoms with Crippen molar-refractivity contribution < 1.29 is 9.84 Å². The summed E-state index contributed by atoms with van der Waals surface area (Å²) >= 11 is 0. The van der Waals surface area contributed by atoms with Crippen molar-refractivity contribution in [2.75, 3.05) is 13.2 Å². The Kier molecular flexibility index (Phi) is 4.36. The van der Waals surface area contributed by atoms with E-state index < -0.39 is 0 Å². The summed E-state index contributed by atoms with van der Waals surface area (Å²) in [5.41, 5.74) is 1.29. The first-order valence-corrected chi connectivity index (χ1v) is 5.78. The van der Waals surface area contributed by atoms with Crippen LogP contribution in [0.2, 0.25) is 0 Å². The average Bonchev–Trinajstić information content (AvgIpc) is 2.25. The fraction of sp³-hybridized carbons (Fsp3) is 0.571. The van der Waals surface area contributed by atoms with E-state index in [0.29, 0.717) is 6.61 Å². The smallest absolute Gasteiger partial charge is 0.123 e. The van der Waals surface area contributed by atoms with Gasteiger partial charge in [0.05, 0.1) is 6.61 Å². The van der Waals surface area contributed by atoms with Gasteiger partial charge in [-0.05, 0) is 17.0 Å². The zero-order valence-corrected chi connectivity index (χ0v) is 10.7. The molecule has 0 heterocycles. The molecule has 0 spiro atoms. The number of benzene rings is 1. The third-order valence-corrected chi connectivity index (χ3v) is 2.53. The highest BCUT2D eigenvalue weighted by molar-refractivity contribution is 5.38. The van der Waals surface area contributed by atoms with Gasteiger partial charge in [-0.3, -0.25) is 0 Å². The molecule has 0 saturated heterocycles. The molecular formula is C14H22O2. The number of ether oxygens (including phenoxy) is 1. The quantitative estimate of drug-likeness (QED) is 0.848. The molecule has 1 rings (SSSR count). The summed E-state index contributed by atoms with van der Waals surface area (Å²) < 4.78 is 5.76. The Morgan fingerprint density at radius 3 is 2.44 bits per heavy atom. The predicted octanol–water partition coefficient (Wildman–Crippen LogP) is 2.99. The van der Waals surface area contributed by atoms with Gasteiger partial charge in [-0.25, -0.2) is 0 Å². The number of para-hydroxylation sites is 1. The van der Waals surface area contributed by atoms with Crippen molar-refractivity contribution >= 4 is 0 Å². The summed E-state index contributed by atoms with van der Waals surface area (Å²) in [6.07, 6.45) is 0. The summed E-state index contributed by atoms with van der Waals surface area (Å²) in [6, 6.07) is 8.10. The summed E-state index contributed by atoms with van der Waals surface area (Å²) in [4.78, 5) is 0. The second-order valence-electron chi connectivity index (χ2n) is 5.34. The lowest BCUT2D eigenvalue weighted by atomic mass is 9.86. The monoisotopic (exact) mass is 222 g/mol. The van der Waals surface area contributed by atoms with E-state index in [1.54, 1.807) is 0 Å². The molecule has 2 heteroatoms. The number of aliphatic hydroxyl groups is 1. The molecule has 0 aliphatic carbocycles. The normalized spacial score (nSPS) is 13.6. The van der Waals surface area contributed by atoms with E-state index >= 15 is 0 Å². The Bertz CT molecular complexity index is 326. The van der Waals surface area contributed by atoms with Crippen molar-refractivity contribution in [3.63, 3.8) is 0 Å². The molecule has 1 aromatic carbocycles. The maximum Gasteiger partial charge on any atom is 0.123 e. The van der Waals surface area contributed by atoms with Crippen LogP contribution in [0.25, 0.3) is 0 Å². The Balaban J connectivity index is 2.80. The fourth-order valence-corrected chi connectivity index (χ4v) is 1.50. The number of hydrogen-bond acceptors (Lipinski definition) is 2. The summed E-state index contributed by atoms with van der Waals surface area (Å²) in [5, 5.41) is 8.96. The Hall–Kier alpha value is -1.02. The predicted molar refractivity (Wildman–Crippen MR) is 66.9 cm³/mol. The van der Waals surface area contributed by atoms with Gasteiger partial charge in [0.15, 0.2) is 0 Å². The maximum atomic E-state index is 8.96. The minimum atomic E-state index is 0.0824. The lowest BCUT2D eigenvalue weighted by Crippen LogP contribution is -2.17. The number of aliphatic hydroxyl groups excluding tert-OH is 1. The van der Waals surface area contributed by atoms with Gasteiger partial charge in [0.25, 0.3) is 0 Å². The standard InChI is InChI=1S/C14H22O2/c1-11(9-15)10-16-13-8-6-5-7-12(13)14(2,3)4/h5-8,11,15H,9-10H2,1-4H3. The van der Waals surface area contributed by atoms with E-state index in [4.69, 9.17) is 9.84 Å². The van der Waals surface area contributed by atoms with Crippen molar-refractivity contribution in [2.24, 2.45) is 5.92 Å². The molecule has 0 aliphatic rings. The molecule has 1 atom stereocenters. The van der Waals surface area contributed by atoms with Crippen LogP contribution in [0.3, 0.4) is 0 Å². The Labute approximate surface area is 98.3 Å². The molecule has 0 aliphatic heterocycles. The first-order valence-electron chi connectivity index (χ1n) is 5.78. The van der Waals surface area contributed by atoms with Crippen molar-refractivity contribution in [3.05, 3.63) is 29.8 Å². The van der Waals surface area contributed by atoms with Crippen LogP contribution in [0.1, 0.15) is 33.3 Å². The van der Waals surface area contributed by atoms with Gasteiger partial charge in [-0.1, -0.05) is 45.9 Å². The van der Waals surface area contributed by atoms with Gasteiger partial charge < -0.3 is 9.84 Å². The maximum absolute atomic E-state index is 8.96. The lowest BCUT2D eigenvalue weighted by molar-refractivity contribution is 0.172. The van der Waals surface area contributed by atoms with Gasteiger partial charge in [0.1, 0.15) is 5.75 Å². The molecule has 16 heavy (non-hydrogen) atoms. The molecule has 0 saturated carbocycles. The SMILES string of the molecule is CC(CO)COc1ccccc1C(C)(C)C. The number of rotatable bonds is 4. The lowest BCUT2D eigenvalue weighted by Gasteiger charge is -2.23. The molecule has 90 valence electrons. The topological polar surface area (TPSA) is 29.5 Å². The molecule has 0 bridgehead atoms. The van der Waals surface area contributed by atoms with Gasteiger partial charge >= 0.3 is 0 Å². The molecule has 0 radical (unpaired) electrons. The minimum Gasteiger partial charge on any atom is -0.493 e. The van der Waals surface area contributed by atoms with Crippen LogP contribution in [-0.2, 0) is 5.41 Å². The summed E-state index contributed by atoms with van der Waals surface area (Å²) in [7, 11) is 0. The first kappa shape index (κ1) is 13.0. The van der Waals surface area contributed by atoms with Crippen LogP contribution >= 0.6 is 0 Å². The third-order valence-electron chi connectivity index (χ3n) is 2.53. The van der Waals surface area contributed by atoms with Crippen LogP contribution in [0, 0.1) is 5.92 Å². The first-order chi connectivity index (χ1) is 7.45. The van der Waals surface area contributed by atoms with Gasteiger partial charge in [-0.15, -0.1) is 0 Å². The van der Waals surface area contributed by atoms with Gasteiger partial charge in [-0.2, -0.15) is 0 Å². The van der Waals surface area contributed by atoms with Crippen molar-refractivity contribution in [2.45, 2.75) is 33.1 Å². The molecule has 1 unspecified atom stereocenters. The fourth-order valence-electron chi connectivity index (χ4n) is 1.50. The van der Waals surface area contributed by atoms with Crippen LogP contribution in [0.5, 0.6) is 5.75 Å². The van der Waals surface area contributed by atoms with Gasteiger partial charge in [0, 0.05) is 12.5 Å². The molecule has 1 aromatic rings. The van der Waals surface area contributed by atoms with E-state index in [0.717, 1.165) is 5.75 Å².